The van der Waals surface area contributed by atoms with E-state index in [1.54, 1.807) is 0 Å². The highest BCUT2D eigenvalue weighted by atomic mass is 19.4. The van der Waals surface area contributed by atoms with Gasteiger partial charge in [0.05, 0.1) is 5.92 Å². The van der Waals surface area contributed by atoms with Crippen LogP contribution in [-0.2, 0) is 4.79 Å². The first kappa shape index (κ1) is 10.2. The number of carbonyl (C=O) groups is 1. The van der Waals surface area contributed by atoms with E-state index < -0.39 is 12.1 Å². The second-order valence-electron chi connectivity index (χ2n) is 2.30. The molecule has 0 radical (unpaired) electrons. The van der Waals surface area contributed by atoms with Gasteiger partial charge in [-0.15, -0.1) is 0 Å². The van der Waals surface area contributed by atoms with E-state index >= 15 is 0 Å². The minimum absolute atomic E-state index is 0.374. The summed E-state index contributed by atoms with van der Waals surface area (Å²) in [6.07, 6.45) is -2.47. The Morgan fingerprint density at radius 2 is 1.91 bits per heavy atom. The van der Waals surface area contributed by atoms with E-state index in [1.165, 1.54) is 6.92 Å². The molecule has 0 heterocycles. The molecule has 0 N–H and O–H groups in total. The molecule has 11 heavy (non-hydrogen) atoms. The Morgan fingerprint density at radius 1 is 1.45 bits per heavy atom. The zero-order valence-corrected chi connectivity index (χ0v) is 6.27. The molecule has 1 nitrogen and oxygen atoms in total. The molecule has 0 aliphatic rings. The van der Waals surface area contributed by atoms with Crippen LogP contribution in [0.3, 0.4) is 0 Å². The maximum Gasteiger partial charge on any atom is 0.394 e. The predicted molar refractivity (Wildman–Crippen MR) is 35.0 cm³/mol. The largest absolute Gasteiger partial charge is 0.394 e. The molecule has 0 aromatic carbocycles. The summed E-state index contributed by atoms with van der Waals surface area (Å²) in [7, 11) is 0. The molecular weight excluding hydrogens is 157 g/mol. The van der Waals surface area contributed by atoms with Gasteiger partial charge >= 0.3 is 6.18 Å². The molecule has 0 aliphatic heterocycles. The molecule has 0 fully saturated rings. The highest BCUT2D eigenvalue weighted by molar-refractivity contribution is 5.87. The van der Waals surface area contributed by atoms with Crippen LogP contribution < -0.4 is 0 Å². The van der Waals surface area contributed by atoms with Crippen molar-refractivity contribution in [2.24, 2.45) is 5.92 Å². The number of carbonyl (C=O) groups excluding carboxylic acids is 1. The summed E-state index contributed by atoms with van der Waals surface area (Å²) >= 11 is 0. The topological polar surface area (TPSA) is 17.1 Å². The van der Waals surface area contributed by atoms with Crippen LogP contribution in [0.1, 0.15) is 13.8 Å². The molecule has 0 saturated carbocycles. The van der Waals surface area contributed by atoms with E-state index in [0.717, 1.165) is 19.1 Å². The molecule has 4 heteroatoms. The van der Waals surface area contributed by atoms with Gasteiger partial charge in [0.2, 0.25) is 0 Å². The van der Waals surface area contributed by atoms with Crippen molar-refractivity contribution in [1.29, 1.82) is 0 Å². The number of allylic oxidation sites excluding steroid dienone is 2. The summed E-state index contributed by atoms with van der Waals surface area (Å²) in [5.74, 6) is -1.92. The smallest absolute Gasteiger partial charge is 0.295 e. The Hall–Kier alpha value is -0.800. The fraction of sp³-hybridized carbons (Fsp3) is 0.571. The van der Waals surface area contributed by atoms with Crippen LogP contribution in [-0.4, -0.2) is 12.0 Å². The fourth-order valence-electron chi connectivity index (χ4n) is 0.389. The van der Waals surface area contributed by atoms with E-state index in [4.69, 9.17) is 0 Å². The Kier molecular flexibility index (Phi) is 3.29. The van der Waals surface area contributed by atoms with Crippen LogP contribution >= 0.6 is 0 Å². The first-order chi connectivity index (χ1) is 4.84. The number of ketones is 1. The van der Waals surface area contributed by atoms with Crippen molar-refractivity contribution in [1.82, 2.24) is 0 Å². The van der Waals surface area contributed by atoms with Gasteiger partial charge in [-0.25, -0.2) is 0 Å². The van der Waals surface area contributed by atoms with Gasteiger partial charge < -0.3 is 0 Å². The van der Waals surface area contributed by atoms with E-state index in [9.17, 15) is 18.0 Å². The Labute approximate surface area is 62.9 Å². The van der Waals surface area contributed by atoms with Crippen molar-refractivity contribution in [2.45, 2.75) is 20.0 Å². The minimum atomic E-state index is -4.24. The normalized spacial score (nSPS) is 15.4. The zero-order valence-electron chi connectivity index (χ0n) is 6.27. The highest BCUT2D eigenvalue weighted by Gasteiger charge is 2.33. The third kappa shape index (κ3) is 4.58. The molecular formula is C7H9F3O. The molecule has 0 saturated heterocycles. The highest BCUT2D eigenvalue weighted by Crippen LogP contribution is 2.26. The molecule has 0 aromatic heterocycles. The average molecular weight is 166 g/mol. The third-order valence-electron chi connectivity index (χ3n) is 1.14. The van der Waals surface area contributed by atoms with Crippen LogP contribution in [0.4, 0.5) is 13.2 Å². The molecule has 64 valence electrons. The predicted octanol–water partition coefficient (Wildman–Crippen LogP) is 2.33. The van der Waals surface area contributed by atoms with Crippen LogP contribution in [0.15, 0.2) is 12.2 Å². The van der Waals surface area contributed by atoms with Gasteiger partial charge in [-0.05, 0) is 13.0 Å². The lowest BCUT2D eigenvalue weighted by Crippen LogP contribution is -2.17. The molecule has 0 amide bonds. The van der Waals surface area contributed by atoms with E-state index in [0.29, 0.717) is 0 Å². The summed E-state index contributed by atoms with van der Waals surface area (Å²) in [6.45, 7) is 2.21. The van der Waals surface area contributed by atoms with E-state index in [-0.39, 0.29) is 5.78 Å². The van der Waals surface area contributed by atoms with Crippen LogP contribution in [0.5, 0.6) is 0 Å². The van der Waals surface area contributed by atoms with Gasteiger partial charge in [-0.3, -0.25) is 4.79 Å². The molecule has 1 atom stereocenters. The van der Waals surface area contributed by atoms with E-state index in [2.05, 4.69) is 0 Å². The van der Waals surface area contributed by atoms with Crippen molar-refractivity contribution in [3.8, 4) is 0 Å². The van der Waals surface area contributed by atoms with Gasteiger partial charge in [0.1, 0.15) is 0 Å². The minimum Gasteiger partial charge on any atom is -0.295 e. The Bertz CT molecular complexity index is 169. The van der Waals surface area contributed by atoms with Crippen molar-refractivity contribution < 1.29 is 18.0 Å². The number of alkyl halides is 3. The average Bonchev–Trinajstić information content (AvgIpc) is 1.80. The summed E-state index contributed by atoms with van der Waals surface area (Å²) in [6, 6.07) is 0. The van der Waals surface area contributed by atoms with Gasteiger partial charge in [0, 0.05) is 0 Å². The maximum atomic E-state index is 11.7. The number of hydrogen-bond acceptors (Lipinski definition) is 1. The lowest BCUT2D eigenvalue weighted by atomic mass is 10.1. The molecule has 0 aliphatic carbocycles. The van der Waals surface area contributed by atoms with Crippen molar-refractivity contribution in [3.05, 3.63) is 12.2 Å². The summed E-state index contributed by atoms with van der Waals surface area (Å²) < 4.78 is 35.2. The van der Waals surface area contributed by atoms with Crippen molar-refractivity contribution in [2.75, 3.05) is 0 Å². The van der Waals surface area contributed by atoms with Crippen LogP contribution in [0.25, 0.3) is 0 Å². The first-order valence-corrected chi connectivity index (χ1v) is 3.09. The molecule has 0 spiro atoms. The van der Waals surface area contributed by atoms with Gasteiger partial charge in [0.15, 0.2) is 5.78 Å². The second kappa shape index (κ2) is 3.55. The standard InChI is InChI=1S/C7H9F3O/c1-5(7(8,9)10)3-4-6(2)11/h3-5H,1-2H3/b4-3+. The molecule has 0 bridgehead atoms. The van der Waals surface area contributed by atoms with Crippen molar-refractivity contribution >= 4 is 5.78 Å². The van der Waals surface area contributed by atoms with Gasteiger partial charge in [-0.2, -0.15) is 13.2 Å². The summed E-state index contributed by atoms with van der Waals surface area (Å²) in [5, 5.41) is 0. The van der Waals surface area contributed by atoms with E-state index in [1.807, 2.05) is 0 Å². The molecule has 0 aromatic rings. The maximum absolute atomic E-state index is 11.7. The third-order valence-corrected chi connectivity index (χ3v) is 1.14. The number of halogens is 3. The monoisotopic (exact) mass is 166 g/mol. The van der Waals surface area contributed by atoms with Crippen LogP contribution in [0, 0.1) is 5.92 Å². The quantitative estimate of drug-likeness (QED) is 0.575. The molecule has 0 rings (SSSR count). The summed E-state index contributed by atoms with van der Waals surface area (Å²) in [5.41, 5.74) is 0. The van der Waals surface area contributed by atoms with Crippen molar-refractivity contribution in [3.63, 3.8) is 0 Å². The fourth-order valence-corrected chi connectivity index (χ4v) is 0.389. The number of hydrogen-bond donors (Lipinski definition) is 0. The molecule has 1 unspecified atom stereocenters. The number of rotatable bonds is 2. The van der Waals surface area contributed by atoms with Gasteiger partial charge in [0.25, 0.3) is 0 Å². The lowest BCUT2D eigenvalue weighted by Gasteiger charge is -2.09. The second-order valence-corrected chi connectivity index (χ2v) is 2.30. The Balaban J connectivity index is 4.07. The van der Waals surface area contributed by atoms with Crippen LogP contribution in [0.2, 0.25) is 0 Å². The Morgan fingerprint density at radius 3 is 2.18 bits per heavy atom. The zero-order chi connectivity index (χ0) is 9.07. The van der Waals surface area contributed by atoms with Gasteiger partial charge in [-0.1, -0.05) is 13.0 Å². The SMILES string of the molecule is CC(=O)/C=C/C(C)C(F)(F)F. The first-order valence-electron chi connectivity index (χ1n) is 3.09. The lowest BCUT2D eigenvalue weighted by molar-refractivity contribution is -0.156. The summed E-state index contributed by atoms with van der Waals surface area (Å²) in [4.78, 5) is 10.2.